The molecule has 0 radical (unpaired) electrons. The monoisotopic (exact) mass is 437 g/mol. The van der Waals surface area contributed by atoms with E-state index in [4.69, 9.17) is 20.9 Å². The number of hydrogen-bond acceptors (Lipinski definition) is 8. The first-order chi connectivity index (χ1) is 14.8. The number of guanidine groups is 1. The molecule has 1 rings (SSSR count). The first-order valence-corrected chi connectivity index (χ1v) is 9.49. The number of nitrogens with two attached hydrogens (primary N) is 2. The molecule has 0 saturated heterocycles. The highest BCUT2D eigenvalue weighted by molar-refractivity contribution is 5.91. The van der Waals surface area contributed by atoms with Gasteiger partial charge in [0.25, 0.3) is 5.09 Å². The lowest BCUT2D eigenvalue weighted by Gasteiger charge is -2.10. The largest absolute Gasteiger partial charge is 0.493 e. The summed E-state index contributed by atoms with van der Waals surface area (Å²) in [5.41, 5.74) is 11.1. The van der Waals surface area contributed by atoms with Crippen molar-refractivity contribution in [3.05, 3.63) is 40.0 Å². The lowest BCUT2D eigenvalue weighted by molar-refractivity contribution is -0.757. The summed E-state index contributed by atoms with van der Waals surface area (Å²) in [6.07, 6.45) is 4.56. The van der Waals surface area contributed by atoms with E-state index >= 15 is 0 Å². The predicted molar refractivity (Wildman–Crippen MR) is 113 cm³/mol. The molecule has 12 heteroatoms. The summed E-state index contributed by atoms with van der Waals surface area (Å²) in [5, 5.41) is 11.9. The van der Waals surface area contributed by atoms with Gasteiger partial charge in [-0.1, -0.05) is 6.07 Å². The molecule has 0 saturated carbocycles. The first-order valence-electron chi connectivity index (χ1n) is 9.49. The van der Waals surface area contributed by atoms with Crippen LogP contribution in [0.15, 0.2) is 29.3 Å². The number of esters is 1. The van der Waals surface area contributed by atoms with E-state index in [1.54, 1.807) is 18.2 Å². The number of nitrogens with one attached hydrogen (secondary N) is 1. The third kappa shape index (κ3) is 11.7. The zero-order chi connectivity index (χ0) is 23.1. The maximum absolute atomic E-state index is 11.9. The smallest absolute Gasteiger partial charge is 0.311 e. The van der Waals surface area contributed by atoms with Crippen LogP contribution in [0.25, 0.3) is 6.08 Å². The van der Waals surface area contributed by atoms with Gasteiger partial charge in [-0.05, 0) is 43.0 Å². The van der Waals surface area contributed by atoms with Crippen LogP contribution in [0.3, 0.4) is 0 Å². The van der Waals surface area contributed by atoms with Crippen LogP contribution in [-0.2, 0) is 14.4 Å². The molecule has 0 aliphatic rings. The third-order valence-electron chi connectivity index (χ3n) is 3.74. The summed E-state index contributed by atoms with van der Waals surface area (Å²) in [6.45, 7) is 0.812. The van der Waals surface area contributed by atoms with Crippen LogP contribution in [0.1, 0.15) is 31.2 Å². The van der Waals surface area contributed by atoms with Crippen LogP contribution < -0.4 is 26.3 Å². The molecule has 0 atom stereocenters. The summed E-state index contributed by atoms with van der Waals surface area (Å²) < 4.78 is 10.4. The standard InChI is InChI=1S/C19H27N5O7/c1-29-16-13-14(7-9-17(25)22-10-2-3-11-23-19(20)21)6-8-15(16)31-18(26)5-4-12-30-24(27)28/h6-9,13H,2-5,10-12H2,1H3,(H,22,25)(H4,20,21,23). The number of ether oxygens (including phenoxy) is 2. The fourth-order valence-corrected chi connectivity index (χ4v) is 2.29. The Hall–Kier alpha value is -3.83. The molecule has 1 amide bonds. The van der Waals surface area contributed by atoms with Gasteiger partial charge in [-0.3, -0.25) is 14.6 Å². The van der Waals surface area contributed by atoms with Crippen LogP contribution in [0.4, 0.5) is 0 Å². The van der Waals surface area contributed by atoms with Crippen molar-refractivity contribution < 1.29 is 29.0 Å². The van der Waals surface area contributed by atoms with E-state index < -0.39 is 11.1 Å². The van der Waals surface area contributed by atoms with Gasteiger partial charge in [-0.2, -0.15) is 0 Å². The van der Waals surface area contributed by atoms with Gasteiger partial charge in [-0.15, -0.1) is 10.1 Å². The Balaban J connectivity index is 2.48. The van der Waals surface area contributed by atoms with Gasteiger partial charge in [0.05, 0.1) is 13.7 Å². The highest BCUT2D eigenvalue weighted by Gasteiger charge is 2.11. The van der Waals surface area contributed by atoms with Crippen molar-refractivity contribution >= 4 is 23.9 Å². The summed E-state index contributed by atoms with van der Waals surface area (Å²) >= 11 is 0. The summed E-state index contributed by atoms with van der Waals surface area (Å²) in [4.78, 5) is 41.8. The summed E-state index contributed by atoms with van der Waals surface area (Å²) in [5.74, 6) is -0.284. The molecular weight excluding hydrogens is 410 g/mol. The maximum Gasteiger partial charge on any atom is 0.311 e. The molecule has 5 N–H and O–H groups in total. The molecule has 0 unspecified atom stereocenters. The molecule has 0 spiro atoms. The number of carbonyl (C=O) groups is 2. The Morgan fingerprint density at radius 1 is 1.23 bits per heavy atom. The van der Waals surface area contributed by atoms with E-state index in [1.807, 2.05) is 0 Å². The number of unbranched alkanes of at least 4 members (excludes halogenated alkanes) is 1. The van der Waals surface area contributed by atoms with Crippen LogP contribution in [0.2, 0.25) is 0 Å². The average Bonchev–Trinajstić information content (AvgIpc) is 2.72. The van der Waals surface area contributed by atoms with Crippen molar-refractivity contribution in [2.24, 2.45) is 16.5 Å². The second kappa shape index (κ2) is 14.2. The van der Waals surface area contributed by atoms with Gasteiger partial charge < -0.3 is 31.1 Å². The lowest BCUT2D eigenvalue weighted by atomic mass is 10.2. The lowest BCUT2D eigenvalue weighted by Crippen LogP contribution is -2.24. The molecule has 12 nitrogen and oxygen atoms in total. The summed E-state index contributed by atoms with van der Waals surface area (Å²) in [7, 11) is 1.42. The van der Waals surface area contributed by atoms with Crippen molar-refractivity contribution in [1.29, 1.82) is 0 Å². The number of methoxy groups -OCH3 is 1. The van der Waals surface area contributed by atoms with E-state index in [0.717, 1.165) is 12.8 Å². The number of aliphatic imine (C=N–C) groups is 1. The molecule has 0 aliphatic heterocycles. The molecular formula is C19H27N5O7. The highest BCUT2D eigenvalue weighted by Crippen LogP contribution is 2.29. The maximum atomic E-state index is 11.9. The number of nitrogens with zero attached hydrogens (tertiary/aromatic N) is 2. The molecule has 0 heterocycles. The Kier molecular flexibility index (Phi) is 11.5. The van der Waals surface area contributed by atoms with Gasteiger partial charge in [0, 0.05) is 25.6 Å². The highest BCUT2D eigenvalue weighted by atomic mass is 16.9. The molecule has 1 aromatic carbocycles. The first kappa shape index (κ1) is 25.2. The molecule has 0 fully saturated rings. The predicted octanol–water partition coefficient (Wildman–Crippen LogP) is 0.772. The van der Waals surface area contributed by atoms with Crippen molar-refractivity contribution in [1.82, 2.24) is 5.32 Å². The molecule has 170 valence electrons. The number of benzene rings is 1. The normalized spacial score (nSPS) is 10.4. The Labute approximate surface area is 179 Å². The molecule has 0 bridgehead atoms. The average molecular weight is 437 g/mol. The molecule has 0 aromatic heterocycles. The van der Waals surface area contributed by atoms with Gasteiger partial charge in [0.1, 0.15) is 0 Å². The third-order valence-corrected chi connectivity index (χ3v) is 3.74. The van der Waals surface area contributed by atoms with Crippen LogP contribution in [0, 0.1) is 10.1 Å². The Morgan fingerprint density at radius 3 is 2.68 bits per heavy atom. The van der Waals surface area contributed by atoms with Gasteiger partial charge >= 0.3 is 5.97 Å². The Bertz CT molecular complexity index is 807. The van der Waals surface area contributed by atoms with Crippen LogP contribution >= 0.6 is 0 Å². The van der Waals surface area contributed by atoms with Crippen molar-refractivity contribution in [2.75, 3.05) is 26.8 Å². The summed E-state index contributed by atoms with van der Waals surface area (Å²) in [6, 6.07) is 4.79. The topological polar surface area (TPSA) is 181 Å². The number of hydrogen-bond donors (Lipinski definition) is 3. The van der Waals surface area contributed by atoms with Crippen molar-refractivity contribution in [3.8, 4) is 11.5 Å². The molecule has 0 aliphatic carbocycles. The zero-order valence-electron chi connectivity index (χ0n) is 17.2. The fraction of sp³-hybridized carbons (Fsp3) is 0.421. The number of carbonyl (C=O) groups excluding carboxylic acids is 2. The second-order valence-electron chi connectivity index (χ2n) is 6.18. The van der Waals surface area contributed by atoms with Crippen molar-refractivity contribution in [3.63, 3.8) is 0 Å². The molecule has 31 heavy (non-hydrogen) atoms. The van der Waals surface area contributed by atoms with Crippen LogP contribution in [0.5, 0.6) is 11.5 Å². The van der Waals surface area contributed by atoms with Crippen molar-refractivity contribution in [2.45, 2.75) is 25.7 Å². The van der Waals surface area contributed by atoms with E-state index in [9.17, 15) is 19.7 Å². The Morgan fingerprint density at radius 2 is 2.00 bits per heavy atom. The van der Waals surface area contributed by atoms with Gasteiger partial charge in [-0.25, -0.2) is 0 Å². The quantitative estimate of drug-likeness (QED) is 0.0553. The van der Waals surface area contributed by atoms with E-state index in [-0.39, 0.29) is 37.1 Å². The SMILES string of the molecule is COc1cc(C=CC(=O)NCCCCN=C(N)N)ccc1OC(=O)CCCO[N+](=O)[O-]. The van der Waals surface area contributed by atoms with E-state index in [2.05, 4.69) is 15.1 Å². The second-order valence-corrected chi connectivity index (χ2v) is 6.18. The minimum atomic E-state index is -0.921. The van der Waals surface area contributed by atoms with E-state index in [1.165, 1.54) is 19.3 Å². The van der Waals surface area contributed by atoms with Gasteiger partial charge in [0.15, 0.2) is 17.5 Å². The molecule has 1 aromatic rings. The zero-order valence-corrected chi connectivity index (χ0v) is 17.2. The number of rotatable bonds is 14. The fourth-order valence-electron chi connectivity index (χ4n) is 2.29. The van der Waals surface area contributed by atoms with E-state index in [0.29, 0.717) is 24.4 Å². The minimum absolute atomic E-state index is 0.0467. The number of amides is 1. The van der Waals surface area contributed by atoms with Crippen LogP contribution in [-0.4, -0.2) is 49.7 Å². The van der Waals surface area contributed by atoms with Gasteiger partial charge in [0.2, 0.25) is 5.91 Å². The minimum Gasteiger partial charge on any atom is -0.493 e.